The number of carbonyl (C=O) groups is 2. The van der Waals surface area contributed by atoms with Crippen LogP contribution in [0.4, 0.5) is 4.79 Å². The summed E-state index contributed by atoms with van der Waals surface area (Å²) >= 11 is 0. The van der Waals surface area contributed by atoms with Crippen molar-refractivity contribution in [3.05, 3.63) is 0 Å². The average Bonchev–Trinajstić information content (AvgIpc) is 2.66. The van der Waals surface area contributed by atoms with Gasteiger partial charge in [-0.1, -0.05) is 19.8 Å². The molecular weight excluding hydrogens is 224 g/mol. The summed E-state index contributed by atoms with van der Waals surface area (Å²) in [6, 6.07) is -1.30. The molecule has 1 heterocycles. The summed E-state index contributed by atoms with van der Waals surface area (Å²) in [6.07, 6.45) is 2.35. The highest BCUT2D eigenvalue weighted by molar-refractivity contribution is 5.83. The molecule has 0 aromatic rings. The second-order valence-electron chi connectivity index (χ2n) is 4.33. The predicted molar refractivity (Wildman–Crippen MR) is 61.7 cm³/mol. The molecule has 1 aliphatic rings. The number of hydrogen-bond donors (Lipinski definition) is 3. The van der Waals surface area contributed by atoms with E-state index in [9.17, 15) is 14.7 Å². The van der Waals surface area contributed by atoms with Gasteiger partial charge < -0.3 is 20.4 Å². The van der Waals surface area contributed by atoms with Crippen molar-refractivity contribution in [2.45, 2.75) is 44.8 Å². The zero-order chi connectivity index (χ0) is 12.8. The van der Waals surface area contributed by atoms with Gasteiger partial charge in [-0.05, 0) is 6.42 Å². The van der Waals surface area contributed by atoms with E-state index in [1.54, 1.807) is 0 Å². The van der Waals surface area contributed by atoms with E-state index in [4.69, 9.17) is 5.11 Å². The number of likely N-dealkylation sites (tertiary alicyclic amines) is 1. The topological polar surface area (TPSA) is 89.9 Å². The highest BCUT2D eigenvalue weighted by Crippen LogP contribution is 2.17. The molecule has 0 radical (unpaired) electrons. The molecule has 6 nitrogen and oxygen atoms in total. The number of aliphatic carboxylic acids is 1. The minimum atomic E-state index is -1.06. The van der Waals surface area contributed by atoms with Crippen molar-refractivity contribution in [3.63, 3.8) is 0 Å². The number of amides is 2. The van der Waals surface area contributed by atoms with Gasteiger partial charge in [-0.2, -0.15) is 0 Å². The number of nitrogens with one attached hydrogen (secondary N) is 1. The largest absolute Gasteiger partial charge is 0.480 e. The number of carbonyl (C=O) groups excluding carboxylic acids is 1. The number of aliphatic hydroxyl groups excluding tert-OH is 1. The molecule has 17 heavy (non-hydrogen) atoms. The van der Waals surface area contributed by atoms with Crippen molar-refractivity contribution in [1.29, 1.82) is 0 Å². The van der Waals surface area contributed by atoms with E-state index in [1.807, 2.05) is 0 Å². The highest BCUT2D eigenvalue weighted by atomic mass is 16.4. The van der Waals surface area contributed by atoms with E-state index in [1.165, 1.54) is 4.90 Å². The first-order chi connectivity index (χ1) is 8.06. The van der Waals surface area contributed by atoms with Gasteiger partial charge in [0.15, 0.2) is 0 Å². The van der Waals surface area contributed by atoms with Gasteiger partial charge >= 0.3 is 12.0 Å². The minimum Gasteiger partial charge on any atom is -0.480 e. The third kappa shape index (κ3) is 3.89. The summed E-state index contributed by atoms with van der Waals surface area (Å²) in [6.45, 7) is 2.71. The summed E-state index contributed by atoms with van der Waals surface area (Å²) in [5, 5.41) is 21.0. The van der Waals surface area contributed by atoms with Gasteiger partial charge in [0, 0.05) is 19.5 Å². The highest BCUT2D eigenvalue weighted by Gasteiger charge is 2.38. The molecule has 0 aromatic carbocycles. The Morgan fingerprint density at radius 3 is 2.71 bits per heavy atom. The van der Waals surface area contributed by atoms with Crippen LogP contribution in [0.2, 0.25) is 0 Å². The number of urea groups is 1. The van der Waals surface area contributed by atoms with E-state index in [2.05, 4.69) is 12.2 Å². The zero-order valence-corrected chi connectivity index (χ0v) is 10.1. The number of β-amino-alcohol motifs (C(OH)–C–C–N with tert-alkyl or cyclic N) is 1. The van der Waals surface area contributed by atoms with E-state index >= 15 is 0 Å². The standard InChI is InChI=1S/C11H20N2O4/c1-2-3-4-5-12-11(17)13-7-8(14)6-9(13)10(15)16/h8-9,14H,2-7H2,1H3,(H,12,17)(H,15,16)/t8-,9-/m1/s1. The Morgan fingerprint density at radius 2 is 2.12 bits per heavy atom. The van der Waals surface area contributed by atoms with Crippen LogP contribution in [0.1, 0.15) is 32.6 Å². The third-order valence-electron chi connectivity index (χ3n) is 2.88. The third-order valence-corrected chi connectivity index (χ3v) is 2.88. The molecule has 1 aliphatic heterocycles. The first kappa shape index (κ1) is 13.8. The Kier molecular flexibility index (Phi) is 5.21. The van der Waals surface area contributed by atoms with Crippen molar-refractivity contribution in [2.24, 2.45) is 0 Å². The van der Waals surface area contributed by atoms with Crippen LogP contribution in [-0.4, -0.2) is 52.3 Å². The van der Waals surface area contributed by atoms with Crippen LogP contribution >= 0.6 is 0 Å². The monoisotopic (exact) mass is 244 g/mol. The van der Waals surface area contributed by atoms with Crippen LogP contribution in [-0.2, 0) is 4.79 Å². The Morgan fingerprint density at radius 1 is 1.41 bits per heavy atom. The van der Waals surface area contributed by atoms with Gasteiger partial charge in [0.05, 0.1) is 6.10 Å². The van der Waals surface area contributed by atoms with Crippen LogP contribution in [0.25, 0.3) is 0 Å². The van der Waals surface area contributed by atoms with Crippen molar-refractivity contribution in [2.75, 3.05) is 13.1 Å². The van der Waals surface area contributed by atoms with Crippen LogP contribution in [0.15, 0.2) is 0 Å². The normalized spacial score (nSPS) is 23.8. The van der Waals surface area contributed by atoms with Crippen LogP contribution < -0.4 is 5.32 Å². The lowest BCUT2D eigenvalue weighted by molar-refractivity contribution is -0.141. The molecule has 0 aromatic heterocycles. The quantitative estimate of drug-likeness (QED) is 0.611. The fourth-order valence-electron chi connectivity index (χ4n) is 1.94. The summed E-state index contributed by atoms with van der Waals surface area (Å²) < 4.78 is 0. The molecule has 0 unspecified atom stereocenters. The molecule has 2 atom stereocenters. The molecular formula is C11H20N2O4. The molecule has 1 rings (SSSR count). The summed E-state index contributed by atoms with van der Waals surface area (Å²) in [5.41, 5.74) is 0. The van der Waals surface area contributed by atoms with Crippen molar-refractivity contribution < 1.29 is 19.8 Å². The zero-order valence-electron chi connectivity index (χ0n) is 10.1. The Hall–Kier alpha value is -1.30. The van der Waals surface area contributed by atoms with Crippen LogP contribution in [0.5, 0.6) is 0 Å². The van der Waals surface area contributed by atoms with Crippen molar-refractivity contribution in [1.82, 2.24) is 10.2 Å². The van der Waals surface area contributed by atoms with Crippen molar-refractivity contribution in [3.8, 4) is 0 Å². The van der Waals surface area contributed by atoms with Gasteiger partial charge in [0.2, 0.25) is 0 Å². The summed E-state index contributed by atoms with van der Waals surface area (Å²) in [5.74, 6) is -1.06. The number of rotatable bonds is 5. The van der Waals surface area contributed by atoms with Gasteiger partial charge in [-0.15, -0.1) is 0 Å². The number of aliphatic hydroxyl groups is 1. The fraction of sp³-hybridized carbons (Fsp3) is 0.818. The molecule has 2 amide bonds. The number of hydrogen-bond acceptors (Lipinski definition) is 3. The molecule has 6 heteroatoms. The summed E-state index contributed by atoms with van der Waals surface area (Å²) in [4.78, 5) is 23.8. The van der Waals surface area contributed by atoms with E-state index in [0.717, 1.165) is 19.3 Å². The van der Waals surface area contributed by atoms with E-state index in [-0.39, 0.29) is 13.0 Å². The van der Waals surface area contributed by atoms with Crippen LogP contribution in [0.3, 0.4) is 0 Å². The molecule has 98 valence electrons. The van der Waals surface area contributed by atoms with Gasteiger partial charge in [0.1, 0.15) is 6.04 Å². The Balaban J connectivity index is 2.41. The molecule has 0 spiro atoms. The number of unbranched alkanes of at least 4 members (excludes halogenated alkanes) is 2. The molecule has 3 N–H and O–H groups in total. The van der Waals surface area contributed by atoms with Crippen molar-refractivity contribution >= 4 is 12.0 Å². The molecule has 1 fully saturated rings. The maximum Gasteiger partial charge on any atom is 0.326 e. The number of carboxylic acids is 1. The van der Waals surface area contributed by atoms with Gasteiger partial charge in [-0.25, -0.2) is 9.59 Å². The van der Waals surface area contributed by atoms with Crippen LogP contribution in [0, 0.1) is 0 Å². The molecule has 1 saturated heterocycles. The second kappa shape index (κ2) is 6.44. The second-order valence-corrected chi connectivity index (χ2v) is 4.33. The average molecular weight is 244 g/mol. The Labute approximate surface area is 101 Å². The van der Waals surface area contributed by atoms with Gasteiger partial charge in [0.25, 0.3) is 0 Å². The summed E-state index contributed by atoms with van der Waals surface area (Å²) in [7, 11) is 0. The maximum atomic E-state index is 11.7. The van der Waals surface area contributed by atoms with E-state index < -0.39 is 24.1 Å². The smallest absolute Gasteiger partial charge is 0.326 e. The number of carboxylic acid groups (broad SMARTS) is 1. The lowest BCUT2D eigenvalue weighted by Crippen LogP contribution is -2.46. The molecule has 0 saturated carbocycles. The lowest BCUT2D eigenvalue weighted by Gasteiger charge is -2.21. The Bertz CT molecular complexity index is 283. The first-order valence-corrected chi connectivity index (χ1v) is 6.01. The molecule has 0 bridgehead atoms. The fourth-order valence-corrected chi connectivity index (χ4v) is 1.94. The maximum absolute atomic E-state index is 11.7. The SMILES string of the molecule is CCCCCNC(=O)N1C[C@H](O)C[C@@H]1C(=O)O. The first-order valence-electron chi connectivity index (χ1n) is 6.01. The molecule has 0 aliphatic carbocycles. The van der Waals surface area contributed by atoms with E-state index in [0.29, 0.717) is 6.54 Å². The predicted octanol–water partition coefficient (Wildman–Crippen LogP) is 0.406. The number of nitrogens with zero attached hydrogens (tertiary/aromatic N) is 1. The van der Waals surface area contributed by atoms with Gasteiger partial charge in [-0.3, -0.25) is 0 Å². The minimum absolute atomic E-state index is 0.0938. The lowest BCUT2D eigenvalue weighted by atomic mass is 10.2.